The molecule has 1 aliphatic carbocycles. The van der Waals surface area contributed by atoms with Crippen molar-refractivity contribution in [1.82, 2.24) is 9.80 Å². The van der Waals surface area contributed by atoms with Crippen LogP contribution in [-0.4, -0.2) is 59.5 Å². The van der Waals surface area contributed by atoms with E-state index < -0.39 is 23.0 Å². The average Bonchev–Trinajstić information content (AvgIpc) is 3.17. The molecule has 1 amide bonds. The van der Waals surface area contributed by atoms with Gasteiger partial charge in [-0.15, -0.1) is 0 Å². The maximum Gasteiger partial charge on any atom is 0.318 e. The van der Waals surface area contributed by atoms with E-state index in [1.807, 2.05) is 48.5 Å². The van der Waals surface area contributed by atoms with Gasteiger partial charge in [-0.25, -0.2) is 8.78 Å². The predicted molar refractivity (Wildman–Crippen MR) is 137 cm³/mol. The van der Waals surface area contributed by atoms with Gasteiger partial charge in [-0.05, 0) is 59.3 Å². The Balaban J connectivity index is 1.15. The first-order chi connectivity index (χ1) is 17.9. The van der Waals surface area contributed by atoms with Crippen LogP contribution in [0.1, 0.15) is 36.0 Å². The maximum atomic E-state index is 13.4. The Labute approximate surface area is 215 Å². The Kier molecular flexibility index (Phi) is 7.07. The summed E-state index contributed by atoms with van der Waals surface area (Å²) in [4.78, 5) is 29.4. The molecule has 3 aromatic carbocycles. The van der Waals surface area contributed by atoms with Gasteiger partial charge in [-0.2, -0.15) is 0 Å². The second-order valence-electron chi connectivity index (χ2n) is 9.94. The summed E-state index contributed by atoms with van der Waals surface area (Å²) < 4.78 is 26.9. The van der Waals surface area contributed by atoms with Crippen LogP contribution in [0.25, 0.3) is 11.1 Å². The van der Waals surface area contributed by atoms with Crippen LogP contribution in [0.2, 0.25) is 0 Å². The summed E-state index contributed by atoms with van der Waals surface area (Å²) in [7, 11) is 0. The van der Waals surface area contributed by atoms with Crippen molar-refractivity contribution >= 4 is 11.9 Å². The third-order valence-corrected chi connectivity index (χ3v) is 7.71. The highest BCUT2D eigenvalue weighted by Crippen LogP contribution is 2.51. The third-order valence-electron chi connectivity index (χ3n) is 7.71. The van der Waals surface area contributed by atoms with Crippen molar-refractivity contribution in [2.24, 2.45) is 0 Å². The fraction of sp³-hybridized carbons (Fsp3) is 0.333. The van der Waals surface area contributed by atoms with Crippen LogP contribution in [-0.2, 0) is 21.4 Å². The number of carboxylic acids is 1. The number of carboxylic acid groups (broad SMARTS) is 1. The number of rotatable bonds is 8. The fourth-order valence-corrected chi connectivity index (χ4v) is 5.88. The molecule has 0 atom stereocenters. The highest BCUT2D eigenvalue weighted by atomic mass is 19.1. The van der Waals surface area contributed by atoms with Crippen molar-refractivity contribution in [3.8, 4) is 11.1 Å². The summed E-state index contributed by atoms with van der Waals surface area (Å²) in [5.41, 5.74) is 3.05. The first-order valence-corrected chi connectivity index (χ1v) is 12.8. The summed E-state index contributed by atoms with van der Waals surface area (Å²) in [6.45, 7) is 3.40. The van der Waals surface area contributed by atoms with E-state index >= 15 is 0 Å². The second-order valence-corrected chi connectivity index (χ2v) is 9.94. The molecular weight excluding hydrogens is 474 g/mol. The van der Waals surface area contributed by atoms with Crippen LogP contribution >= 0.6 is 0 Å². The van der Waals surface area contributed by atoms with Crippen molar-refractivity contribution in [3.05, 3.63) is 95.1 Å². The van der Waals surface area contributed by atoms with Crippen LogP contribution in [0.5, 0.6) is 0 Å². The van der Waals surface area contributed by atoms with Gasteiger partial charge in [-0.1, -0.05) is 55.0 Å². The van der Waals surface area contributed by atoms with Crippen LogP contribution in [0, 0.1) is 11.6 Å². The van der Waals surface area contributed by atoms with Gasteiger partial charge in [0.1, 0.15) is 17.0 Å². The molecule has 0 spiro atoms. The van der Waals surface area contributed by atoms with E-state index in [-0.39, 0.29) is 12.3 Å². The average molecular weight is 505 g/mol. The molecule has 1 fully saturated rings. The molecule has 5 rings (SSSR count). The van der Waals surface area contributed by atoms with Crippen molar-refractivity contribution in [1.29, 1.82) is 0 Å². The van der Waals surface area contributed by atoms with E-state index in [9.17, 15) is 23.5 Å². The number of carbonyl (C=O) groups excluding carboxylic acids is 1. The lowest BCUT2D eigenvalue weighted by atomic mass is 9.74. The topological polar surface area (TPSA) is 60.9 Å². The lowest BCUT2D eigenvalue weighted by Crippen LogP contribution is -2.49. The van der Waals surface area contributed by atoms with Crippen LogP contribution in [0.15, 0.2) is 66.7 Å². The Morgan fingerprint density at radius 1 is 0.811 bits per heavy atom. The molecule has 0 bridgehead atoms. The summed E-state index contributed by atoms with van der Waals surface area (Å²) >= 11 is 0. The van der Waals surface area contributed by atoms with Gasteiger partial charge in [0.05, 0.1) is 6.42 Å². The molecule has 3 aromatic rings. The fourth-order valence-electron chi connectivity index (χ4n) is 5.88. The minimum absolute atomic E-state index is 0.0189. The summed E-state index contributed by atoms with van der Waals surface area (Å²) in [5.74, 6) is -2.30. The lowest BCUT2D eigenvalue weighted by molar-refractivity contribution is -0.142. The molecule has 2 aliphatic rings. The number of carbonyl (C=O) groups is 2. The number of benzene rings is 3. The van der Waals surface area contributed by atoms with Gasteiger partial charge < -0.3 is 10.0 Å². The van der Waals surface area contributed by atoms with E-state index in [0.717, 1.165) is 60.8 Å². The quantitative estimate of drug-likeness (QED) is 0.445. The molecular formula is C30H30F2N2O3. The van der Waals surface area contributed by atoms with Crippen LogP contribution < -0.4 is 0 Å². The van der Waals surface area contributed by atoms with Crippen molar-refractivity contribution < 1.29 is 23.5 Å². The standard InChI is InChI=1S/C30H30F2N2O3/c31-22-17-21(18-23(32)20-22)19-28(35)34-15-13-33(14-16-34)12-6-5-11-30(29(36)37)26-9-3-1-7-24(26)25-8-2-4-10-27(25)30/h1-4,7-10,17-18,20H,5-6,11-16,19H2,(H,36,37). The van der Waals surface area contributed by atoms with Crippen molar-refractivity contribution in [2.45, 2.75) is 31.1 Å². The molecule has 0 aromatic heterocycles. The van der Waals surface area contributed by atoms with Gasteiger partial charge in [0, 0.05) is 32.2 Å². The second kappa shape index (κ2) is 10.4. The van der Waals surface area contributed by atoms with Gasteiger partial charge in [-0.3, -0.25) is 14.5 Å². The normalized spacial score (nSPS) is 16.3. The Hall–Kier alpha value is -3.58. The molecule has 0 saturated carbocycles. The molecule has 192 valence electrons. The zero-order valence-corrected chi connectivity index (χ0v) is 20.6. The number of fused-ring (bicyclic) bond motifs is 3. The van der Waals surface area contributed by atoms with E-state index in [1.54, 1.807) is 4.90 Å². The van der Waals surface area contributed by atoms with Gasteiger partial charge in [0.2, 0.25) is 5.91 Å². The van der Waals surface area contributed by atoms with E-state index in [2.05, 4.69) is 4.90 Å². The molecule has 0 unspecified atom stereocenters. The molecule has 7 heteroatoms. The number of aliphatic carboxylic acids is 1. The number of piperazine rings is 1. The Bertz CT molecular complexity index is 1250. The molecule has 1 heterocycles. The SMILES string of the molecule is O=C(Cc1cc(F)cc(F)c1)N1CCN(CCCCC2(C(=O)O)c3ccccc3-c3ccccc32)CC1. The van der Waals surface area contributed by atoms with E-state index in [4.69, 9.17) is 0 Å². The van der Waals surface area contributed by atoms with Crippen LogP contribution in [0.4, 0.5) is 8.78 Å². The summed E-state index contributed by atoms with van der Waals surface area (Å²) in [5, 5.41) is 10.4. The van der Waals surface area contributed by atoms with Gasteiger partial charge >= 0.3 is 5.97 Å². The van der Waals surface area contributed by atoms with Crippen molar-refractivity contribution in [3.63, 3.8) is 0 Å². The van der Waals surface area contributed by atoms with E-state index in [1.165, 1.54) is 12.1 Å². The Morgan fingerprint density at radius 3 is 1.95 bits per heavy atom. The summed E-state index contributed by atoms with van der Waals surface area (Å²) in [6, 6.07) is 18.8. The Morgan fingerprint density at radius 2 is 1.38 bits per heavy atom. The van der Waals surface area contributed by atoms with Crippen LogP contribution in [0.3, 0.4) is 0 Å². The third kappa shape index (κ3) is 4.88. The lowest BCUT2D eigenvalue weighted by Gasteiger charge is -2.35. The molecule has 5 nitrogen and oxygen atoms in total. The van der Waals surface area contributed by atoms with Crippen molar-refractivity contribution in [2.75, 3.05) is 32.7 Å². The highest BCUT2D eigenvalue weighted by molar-refractivity contribution is 5.97. The molecule has 1 N–H and O–H groups in total. The molecule has 1 aliphatic heterocycles. The largest absolute Gasteiger partial charge is 0.480 e. The first-order valence-electron chi connectivity index (χ1n) is 12.8. The number of hydrogen-bond donors (Lipinski definition) is 1. The smallest absolute Gasteiger partial charge is 0.318 e. The number of halogens is 2. The minimum atomic E-state index is -1.03. The maximum absolute atomic E-state index is 13.4. The monoisotopic (exact) mass is 504 g/mol. The van der Waals surface area contributed by atoms with Gasteiger partial charge in [0.25, 0.3) is 0 Å². The molecule has 37 heavy (non-hydrogen) atoms. The number of amides is 1. The first kappa shape index (κ1) is 25.1. The number of nitrogens with zero attached hydrogens (tertiary/aromatic N) is 2. The number of hydrogen-bond acceptors (Lipinski definition) is 3. The summed E-state index contributed by atoms with van der Waals surface area (Å²) in [6.07, 6.45) is 2.13. The molecule has 0 radical (unpaired) electrons. The zero-order chi connectivity index (χ0) is 26.0. The molecule has 1 saturated heterocycles. The predicted octanol–water partition coefficient (Wildman–Crippen LogP) is 4.87. The highest BCUT2D eigenvalue weighted by Gasteiger charge is 2.48. The number of unbranched alkanes of at least 4 members (excludes halogenated alkanes) is 1. The minimum Gasteiger partial charge on any atom is -0.480 e. The van der Waals surface area contributed by atoms with Gasteiger partial charge in [0.15, 0.2) is 0 Å². The van der Waals surface area contributed by atoms with E-state index in [0.29, 0.717) is 25.1 Å². The zero-order valence-electron chi connectivity index (χ0n) is 20.6.